The van der Waals surface area contributed by atoms with Crippen molar-refractivity contribution in [3.05, 3.63) is 71.8 Å². The average molecular weight is 475 g/mol. The van der Waals surface area contributed by atoms with E-state index in [4.69, 9.17) is 9.47 Å². The number of rotatable bonds is 2. The Kier molecular flexibility index (Phi) is 4.25. The smallest absolute Gasteiger partial charge is 0.228 e. The molecule has 3 aromatic rings. The van der Waals surface area contributed by atoms with Crippen molar-refractivity contribution in [3.8, 4) is 11.5 Å². The highest BCUT2D eigenvalue weighted by molar-refractivity contribution is 8.18. The lowest BCUT2D eigenvalue weighted by Crippen LogP contribution is -2.12. The Bertz CT molecular complexity index is 1330. The minimum Gasteiger partial charge on any atom is -0.471 e. The zero-order chi connectivity index (χ0) is 20.5. The van der Waals surface area contributed by atoms with E-state index in [2.05, 4.69) is 0 Å². The van der Waals surface area contributed by atoms with Gasteiger partial charge >= 0.3 is 0 Å². The number of benzene rings is 3. The molecule has 3 aliphatic rings. The van der Waals surface area contributed by atoms with Gasteiger partial charge in [-0.3, -0.25) is 0 Å². The van der Waals surface area contributed by atoms with Crippen LogP contribution in [0.25, 0.3) is 0 Å². The van der Waals surface area contributed by atoms with E-state index in [9.17, 15) is 12.6 Å². The van der Waals surface area contributed by atoms with Gasteiger partial charge in [-0.05, 0) is 36.4 Å². The number of ether oxygens (including phenoxy) is 2. The summed E-state index contributed by atoms with van der Waals surface area (Å²) in [6.45, 7) is 0. The van der Waals surface area contributed by atoms with Crippen molar-refractivity contribution in [1.29, 1.82) is 0 Å². The van der Waals surface area contributed by atoms with E-state index in [1.54, 1.807) is 47.8 Å². The summed E-state index contributed by atoms with van der Waals surface area (Å²) in [6, 6.07) is 17.7. The van der Waals surface area contributed by atoms with E-state index < -0.39 is 31.5 Å². The molecular formula is C21H14O5S4. The van der Waals surface area contributed by atoms with Crippen LogP contribution in [0.5, 0.6) is 11.5 Å². The van der Waals surface area contributed by atoms with Crippen LogP contribution in [0.4, 0.5) is 0 Å². The van der Waals surface area contributed by atoms with E-state index in [0.29, 0.717) is 27.5 Å². The normalized spacial score (nSPS) is 25.1. The quantitative estimate of drug-likeness (QED) is 0.523. The van der Waals surface area contributed by atoms with Crippen LogP contribution in [0.2, 0.25) is 0 Å². The monoisotopic (exact) mass is 474 g/mol. The van der Waals surface area contributed by atoms with Crippen molar-refractivity contribution in [3.63, 3.8) is 0 Å². The van der Waals surface area contributed by atoms with Crippen molar-refractivity contribution < 1.29 is 22.1 Å². The summed E-state index contributed by atoms with van der Waals surface area (Å²) in [5.74, 6) is 0.874. The van der Waals surface area contributed by atoms with Crippen molar-refractivity contribution in [2.24, 2.45) is 0 Å². The third-order valence-electron chi connectivity index (χ3n) is 5.23. The van der Waals surface area contributed by atoms with E-state index in [-0.39, 0.29) is 4.90 Å². The zero-order valence-corrected chi connectivity index (χ0v) is 18.6. The lowest BCUT2D eigenvalue weighted by molar-refractivity contribution is 0.289. The molecule has 0 saturated carbocycles. The molecular weight excluding hydrogens is 460 g/mol. The number of sulfone groups is 1. The topological polar surface area (TPSA) is 69.7 Å². The molecule has 0 bridgehead atoms. The fourth-order valence-corrected chi connectivity index (χ4v) is 9.18. The van der Waals surface area contributed by atoms with Gasteiger partial charge in [0.2, 0.25) is 20.7 Å². The fourth-order valence-electron chi connectivity index (χ4n) is 3.77. The van der Waals surface area contributed by atoms with E-state index in [1.807, 2.05) is 30.3 Å². The Labute approximate surface area is 184 Å². The molecule has 0 aromatic heterocycles. The van der Waals surface area contributed by atoms with Gasteiger partial charge in [0.1, 0.15) is 27.2 Å². The highest BCUT2D eigenvalue weighted by Gasteiger charge is 2.42. The maximum Gasteiger partial charge on any atom is 0.228 e. The van der Waals surface area contributed by atoms with Crippen LogP contribution in [0, 0.1) is 0 Å². The molecule has 0 amide bonds. The minimum atomic E-state index is -3.75. The highest BCUT2D eigenvalue weighted by atomic mass is 32.2. The molecule has 30 heavy (non-hydrogen) atoms. The second-order valence-electron chi connectivity index (χ2n) is 7.01. The molecule has 152 valence electrons. The first-order valence-electron chi connectivity index (χ1n) is 9.13. The molecule has 0 fully saturated rings. The second-order valence-corrected chi connectivity index (χ2v) is 12.8. The summed E-state index contributed by atoms with van der Waals surface area (Å²) in [7, 11) is -5.16. The molecule has 0 radical (unpaired) electrons. The van der Waals surface area contributed by atoms with Crippen LogP contribution in [-0.2, 0) is 20.6 Å². The van der Waals surface area contributed by atoms with Gasteiger partial charge in [-0.1, -0.05) is 24.3 Å². The largest absolute Gasteiger partial charge is 0.471 e. The second kappa shape index (κ2) is 6.78. The van der Waals surface area contributed by atoms with Crippen molar-refractivity contribution >= 4 is 44.2 Å². The van der Waals surface area contributed by atoms with Crippen molar-refractivity contribution in [2.45, 2.75) is 30.5 Å². The lowest BCUT2D eigenvalue weighted by atomic mass is 10.2. The van der Waals surface area contributed by atoms with Gasteiger partial charge in [-0.15, -0.1) is 23.5 Å². The van der Waals surface area contributed by atoms with Gasteiger partial charge in [-0.25, -0.2) is 12.6 Å². The molecule has 3 heterocycles. The molecule has 0 N–H and O–H groups in total. The zero-order valence-electron chi connectivity index (χ0n) is 15.3. The summed E-state index contributed by atoms with van der Waals surface area (Å²) in [5.41, 5.74) is -0.645. The fraction of sp³-hybridized carbons (Fsp3) is 0.143. The standard InChI is InChI=1S/C21H14O5S4/c22-29-18-4-2-1-3-14(18)25-20(29)12-5-7-15-19(10-12)30(23,24)21(26-15)13-6-8-16-17(9-13)28-11-27-16/h1-10,20-21H,11H2. The number of fused-ring (bicyclic) bond motifs is 3. The predicted molar refractivity (Wildman–Crippen MR) is 116 cm³/mol. The van der Waals surface area contributed by atoms with Gasteiger partial charge in [-0.2, -0.15) is 0 Å². The lowest BCUT2D eigenvalue weighted by Gasteiger charge is -2.11. The van der Waals surface area contributed by atoms with Gasteiger partial charge in [0.25, 0.3) is 0 Å². The molecule has 0 aliphatic carbocycles. The summed E-state index contributed by atoms with van der Waals surface area (Å²) in [4.78, 5) is 2.98. The highest BCUT2D eigenvalue weighted by Crippen LogP contribution is 2.49. The van der Waals surface area contributed by atoms with Gasteiger partial charge in [0.15, 0.2) is 0 Å². The molecule has 3 aromatic carbocycles. The number of thioether (sulfide) groups is 2. The Morgan fingerprint density at radius 1 is 0.867 bits per heavy atom. The first-order valence-corrected chi connectivity index (χ1v) is 13.9. The van der Waals surface area contributed by atoms with Crippen LogP contribution >= 0.6 is 23.5 Å². The maximum absolute atomic E-state index is 13.3. The van der Waals surface area contributed by atoms with E-state index in [0.717, 1.165) is 9.98 Å². The van der Waals surface area contributed by atoms with Crippen LogP contribution in [-0.4, -0.2) is 17.7 Å². The first kappa shape index (κ1) is 18.8. The molecule has 3 aliphatic heterocycles. The van der Waals surface area contributed by atoms with Crippen LogP contribution < -0.4 is 9.47 Å². The van der Waals surface area contributed by atoms with Crippen LogP contribution in [0.15, 0.2) is 80.2 Å². The third kappa shape index (κ3) is 2.76. The van der Waals surface area contributed by atoms with Crippen molar-refractivity contribution in [1.82, 2.24) is 0 Å². The van der Waals surface area contributed by atoms with Crippen LogP contribution in [0.3, 0.4) is 0 Å². The molecule has 0 spiro atoms. The average Bonchev–Trinajstić information content (AvgIpc) is 3.42. The van der Waals surface area contributed by atoms with Gasteiger partial charge in [0, 0.05) is 26.0 Å². The first-order chi connectivity index (χ1) is 14.5. The predicted octanol–water partition coefficient (Wildman–Crippen LogP) is 4.91. The molecule has 0 saturated heterocycles. The van der Waals surface area contributed by atoms with E-state index in [1.165, 1.54) is 11.0 Å². The molecule has 3 unspecified atom stereocenters. The minimum absolute atomic E-state index is 0.115. The van der Waals surface area contributed by atoms with Crippen molar-refractivity contribution in [2.75, 3.05) is 5.08 Å². The molecule has 5 nitrogen and oxygen atoms in total. The SMILES string of the molecule is O=S1c2ccccc2OC1c1ccc2c(c1)S(=O)(=O)C(c1ccc3c(c1)SCS3)O2. The number of hydrogen-bond donors (Lipinski definition) is 0. The Hall–Kier alpha value is -1.94. The Morgan fingerprint density at radius 2 is 1.67 bits per heavy atom. The molecule has 6 rings (SSSR count). The molecule has 3 atom stereocenters. The van der Waals surface area contributed by atoms with Gasteiger partial charge in [0.05, 0.1) is 4.90 Å². The summed E-state index contributed by atoms with van der Waals surface area (Å²) in [6.07, 6.45) is 0. The third-order valence-corrected chi connectivity index (χ3v) is 11.0. The van der Waals surface area contributed by atoms with Gasteiger partial charge < -0.3 is 9.47 Å². The Balaban J connectivity index is 1.37. The summed E-state index contributed by atoms with van der Waals surface area (Å²) < 4.78 is 51.2. The maximum atomic E-state index is 13.3. The number of hydrogen-bond acceptors (Lipinski definition) is 7. The molecule has 9 heteroatoms. The number of para-hydroxylation sites is 1. The summed E-state index contributed by atoms with van der Waals surface area (Å²) in [5, 5.41) is 0.932. The van der Waals surface area contributed by atoms with E-state index >= 15 is 0 Å². The Morgan fingerprint density at radius 3 is 2.53 bits per heavy atom. The summed E-state index contributed by atoms with van der Waals surface area (Å²) >= 11 is 3.45. The van der Waals surface area contributed by atoms with Crippen LogP contribution in [0.1, 0.15) is 22.0 Å².